The summed E-state index contributed by atoms with van der Waals surface area (Å²) in [4.78, 5) is 0. The van der Waals surface area contributed by atoms with Gasteiger partial charge in [0.25, 0.3) is 0 Å². The molecule has 1 N–H and O–H groups in total. The zero-order chi connectivity index (χ0) is 15.8. The van der Waals surface area contributed by atoms with E-state index < -0.39 is 0 Å². The van der Waals surface area contributed by atoms with Gasteiger partial charge in [0.05, 0.1) is 19.8 Å². The van der Waals surface area contributed by atoms with E-state index in [0.29, 0.717) is 17.1 Å². The van der Waals surface area contributed by atoms with Gasteiger partial charge in [-0.2, -0.15) is 15.8 Å². The van der Waals surface area contributed by atoms with E-state index in [1.54, 1.807) is 30.3 Å². The predicted octanol–water partition coefficient (Wildman–Crippen LogP) is 2.47. The minimum absolute atomic E-state index is 0.215. The molecule has 104 valence electrons. The fraction of sp³-hybridized carbons (Fsp3) is 0.133. The second-order valence-corrected chi connectivity index (χ2v) is 3.72. The molecule has 6 nitrogen and oxygen atoms in total. The summed E-state index contributed by atoms with van der Waals surface area (Å²) in [7, 11) is 2.93. The topological polar surface area (TPSA) is 110 Å². The number of benzene rings is 1. The molecule has 0 heterocycles. The highest BCUT2D eigenvalue weighted by Gasteiger charge is 2.09. The fourth-order valence-corrected chi connectivity index (χ4v) is 1.52. The third kappa shape index (κ3) is 3.53. The van der Waals surface area contributed by atoms with Crippen LogP contribution in [-0.4, -0.2) is 19.3 Å². The van der Waals surface area contributed by atoms with E-state index in [0.717, 1.165) is 6.08 Å². The lowest BCUT2D eigenvalue weighted by molar-refractivity contribution is 0.354. The van der Waals surface area contributed by atoms with Gasteiger partial charge in [0.15, 0.2) is 11.5 Å². The largest absolute Gasteiger partial charge is 0.507 e. The van der Waals surface area contributed by atoms with Crippen LogP contribution in [0.25, 0.3) is 5.76 Å². The van der Waals surface area contributed by atoms with Gasteiger partial charge in [0.2, 0.25) is 0 Å². The first-order chi connectivity index (χ1) is 10.1. The minimum atomic E-state index is -0.371. The van der Waals surface area contributed by atoms with Gasteiger partial charge in [-0.05, 0) is 18.2 Å². The predicted molar refractivity (Wildman–Crippen MR) is 74.0 cm³/mol. The standard InChI is InChI=1S/C15H11N3O3/c1-20-14-4-3-10(6-15(14)21-2)13(19)5-11(7-16)12(8-17)9-18/h3-6,19H,1-2H3. The normalized spacial score (nSPS) is 9.76. The second-order valence-electron chi connectivity index (χ2n) is 3.72. The molecule has 0 aliphatic heterocycles. The van der Waals surface area contributed by atoms with Crippen molar-refractivity contribution in [2.45, 2.75) is 0 Å². The molecule has 6 heteroatoms. The highest BCUT2D eigenvalue weighted by atomic mass is 16.5. The first-order valence-electron chi connectivity index (χ1n) is 5.68. The number of hydrogen-bond acceptors (Lipinski definition) is 6. The molecule has 1 aromatic carbocycles. The van der Waals surface area contributed by atoms with Crippen molar-refractivity contribution in [2.75, 3.05) is 14.2 Å². The molecule has 0 aliphatic carbocycles. The van der Waals surface area contributed by atoms with Crippen molar-refractivity contribution >= 4 is 5.76 Å². The molecule has 0 saturated heterocycles. The molecular formula is C15H11N3O3. The molecule has 1 aromatic rings. The quantitative estimate of drug-likeness (QED) is 0.515. The van der Waals surface area contributed by atoms with Gasteiger partial charge in [-0.15, -0.1) is 0 Å². The van der Waals surface area contributed by atoms with Crippen LogP contribution in [0.2, 0.25) is 0 Å². The molecule has 0 amide bonds. The zero-order valence-corrected chi connectivity index (χ0v) is 11.4. The summed E-state index contributed by atoms with van der Waals surface area (Å²) in [6, 6.07) is 9.55. The average molecular weight is 281 g/mol. The molecule has 0 radical (unpaired) electrons. The summed E-state index contributed by atoms with van der Waals surface area (Å²) in [6.45, 7) is 0. The number of hydrogen-bond donors (Lipinski definition) is 1. The molecule has 0 fully saturated rings. The van der Waals surface area contributed by atoms with Gasteiger partial charge in [-0.3, -0.25) is 0 Å². The SMILES string of the molecule is COc1ccc(C(O)=CC(C#N)=C(C#N)C#N)cc1OC. The number of nitrogens with zero attached hydrogens (tertiary/aromatic N) is 3. The van der Waals surface area contributed by atoms with Crippen molar-refractivity contribution in [2.24, 2.45) is 0 Å². The number of aliphatic hydroxyl groups is 1. The van der Waals surface area contributed by atoms with Crippen LogP contribution in [0.1, 0.15) is 5.56 Å². The van der Waals surface area contributed by atoms with Crippen LogP contribution in [0.5, 0.6) is 11.5 Å². The highest BCUT2D eigenvalue weighted by Crippen LogP contribution is 2.30. The number of nitriles is 3. The Morgan fingerprint density at radius 1 is 1.05 bits per heavy atom. The summed E-state index contributed by atoms with van der Waals surface area (Å²) < 4.78 is 10.2. The Morgan fingerprint density at radius 2 is 1.67 bits per heavy atom. The Bertz CT molecular complexity index is 712. The lowest BCUT2D eigenvalue weighted by Gasteiger charge is -2.09. The minimum Gasteiger partial charge on any atom is -0.507 e. The molecule has 21 heavy (non-hydrogen) atoms. The van der Waals surface area contributed by atoms with E-state index >= 15 is 0 Å². The molecule has 0 atom stereocenters. The van der Waals surface area contributed by atoms with Gasteiger partial charge in [-0.25, -0.2) is 0 Å². The number of aliphatic hydroxyl groups excluding tert-OH is 1. The lowest BCUT2D eigenvalue weighted by atomic mass is 10.1. The second kappa shape index (κ2) is 7.23. The fourth-order valence-electron chi connectivity index (χ4n) is 1.52. The summed E-state index contributed by atoms with van der Waals surface area (Å²) in [5.74, 6) is 0.619. The molecule has 0 spiro atoms. The van der Waals surface area contributed by atoms with Crippen molar-refractivity contribution in [3.05, 3.63) is 41.0 Å². The van der Waals surface area contributed by atoms with Gasteiger partial charge in [0, 0.05) is 11.6 Å². The molecule has 0 bridgehead atoms. The number of rotatable bonds is 4. The third-order valence-corrected chi connectivity index (χ3v) is 2.57. The monoisotopic (exact) mass is 281 g/mol. The van der Waals surface area contributed by atoms with Gasteiger partial charge < -0.3 is 14.6 Å². The Hall–Kier alpha value is -3.43. The molecule has 0 saturated carbocycles. The number of methoxy groups -OCH3 is 2. The van der Waals surface area contributed by atoms with Crippen molar-refractivity contribution in [3.8, 4) is 29.7 Å². The van der Waals surface area contributed by atoms with E-state index in [1.807, 2.05) is 0 Å². The summed E-state index contributed by atoms with van der Waals surface area (Å²) in [5, 5.41) is 36.4. The summed E-state index contributed by atoms with van der Waals surface area (Å²) in [6.07, 6.45) is 1.06. The van der Waals surface area contributed by atoms with Crippen LogP contribution >= 0.6 is 0 Å². The maximum absolute atomic E-state index is 10.0. The van der Waals surface area contributed by atoms with Crippen LogP contribution < -0.4 is 9.47 Å². The van der Waals surface area contributed by atoms with Crippen LogP contribution in [0.15, 0.2) is 35.4 Å². The molecule has 0 aliphatic rings. The zero-order valence-electron chi connectivity index (χ0n) is 11.4. The summed E-state index contributed by atoms with van der Waals surface area (Å²) >= 11 is 0. The summed E-state index contributed by atoms with van der Waals surface area (Å²) in [5.41, 5.74) is -0.229. The van der Waals surface area contributed by atoms with Crippen molar-refractivity contribution in [3.63, 3.8) is 0 Å². The molecule has 0 aromatic heterocycles. The smallest absolute Gasteiger partial charge is 0.161 e. The van der Waals surface area contributed by atoms with Crippen LogP contribution in [0.3, 0.4) is 0 Å². The lowest BCUT2D eigenvalue weighted by Crippen LogP contribution is -1.93. The van der Waals surface area contributed by atoms with Crippen molar-refractivity contribution in [1.29, 1.82) is 15.8 Å². The first-order valence-corrected chi connectivity index (χ1v) is 5.68. The molecular weight excluding hydrogens is 270 g/mol. The Morgan fingerprint density at radius 3 is 2.14 bits per heavy atom. The van der Waals surface area contributed by atoms with Gasteiger partial charge in [0.1, 0.15) is 29.5 Å². The Balaban J connectivity index is 3.33. The van der Waals surface area contributed by atoms with E-state index in [4.69, 9.17) is 25.3 Å². The van der Waals surface area contributed by atoms with E-state index in [9.17, 15) is 5.11 Å². The molecule has 1 rings (SSSR count). The van der Waals surface area contributed by atoms with Crippen molar-refractivity contribution < 1.29 is 14.6 Å². The first kappa shape index (κ1) is 15.6. The van der Waals surface area contributed by atoms with Crippen LogP contribution in [0, 0.1) is 34.0 Å². The van der Waals surface area contributed by atoms with Gasteiger partial charge >= 0.3 is 0 Å². The third-order valence-electron chi connectivity index (χ3n) is 2.57. The Labute approximate surface area is 122 Å². The maximum Gasteiger partial charge on any atom is 0.161 e. The van der Waals surface area contributed by atoms with Crippen LogP contribution in [0.4, 0.5) is 0 Å². The van der Waals surface area contributed by atoms with E-state index in [2.05, 4.69) is 0 Å². The maximum atomic E-state index is 10.0. The van der Waals surface area contributed by atoms with E-state index in [-0.39, 0.29) is 16.9 Å². The van der Waals surface area contributed by atoms with Crippen LogP contribution in [-0.2, 0) is 0 Å². The average Bonchev–Trinajstić information content (AvgIpc) is 2.53. The van der Waals surface area contributed by atoms with E-state index in [1.165, 1.54) is 20.3 Å². The number of ether oxygens (including phenoxy) is 2. The number of allylic oxidation sites excluding steroid dienone is 3. The van der Waals surface area contributed by atoms with Gasteiger partial charge in [-0.1, -0.05) is 0 Å². The van der Waals surface area contributed by atoms with Crippen molar-refractivity contribution in [1.82, 2.24) is 0 Å². The molecule has 0 unspecified atom stereocenters. The highest BCUT2D eigenvalue weighted by molar-refractivity contribution is 5.68. The Kier molecular flexibility index (Phi) is 5.38.